The summed E-state index contributed by atoms with van der Waals surface area (Å²) >= 11 is 1.72. The van der Waals surface area contributed by atoms with Gasteiger partial charge in [0.2, 0.25) is 0 Å². The van der Waals surface area contributed by atoms with Gasteiger partial charge in [0.05, 0.1) is 5.69 Å². The van der Waals surface area contributed by atoms with E-state index in [1.54, 1.807) is 11.3 Å². The highest BCUT2D eigenvalue weighted by molar-refractivity contribution is 7.10. The monoisotopic (exact) mass is 265 g/mol. The molecule has 0 bridgehead atoms. The van der Waals surface area contributed by atoms with Crippen LogP contribution >= 0.6 is 11.3 Å². The minimum absolute atomic E-state index is 0.00523. The molecule has 0 radical (unpaired) electrons. The van der Waals surface area contributed by atoms with Crippen LogP contribution in [-0.4, -0.2) is 30.0 Å². The van der Waals surface area contributed by atoms with Crippen LogP contribution in [0.15, 0.2) is 29.8 Å². The maximum atomic E-state index is 6.02. The van der Waals surface area contributed by atoms with Crippen molar-refractivity contribution < 1.29 is 4.74 Å². The summed E-state index contributed by atoms with van der Waals surface area (Å²) in [5.74, 6) is 0. The number of rotatable bonds is 7. The fourth-order valence-corrected chi connectivity index (χ4v) is 2.63. The number of nitrogens with one attached hydrogen (secondary N) is 1. The summed E-state index contributed by atoms with van der Waals surface area (Å²) in [6.07, 6.45) is 2.82. The Bertz CT molecular complexity index is 453. The van der Waals surface area contributed by atoms with Crippen molar-refractivity contribution in [2.75, 3.05) is 20.2 Å². The average Bonchev–Trinajstić information content (AvgIpc) is 3.01. The number of nitrogens with zero attached hydrogens (tertiary/aromatic N) is 2. The van der Waals surface area contributed by atoms with Crippen molar-refractivity contribution in [1.29, 1.82) is 0 Å². The van der Waals surface area contributed by atoms with E-state index in [4.69, 9.17) is 4.74 Å². The Balaban J connectivity index is 2.07. The molecule has 0 amide bonds. The average molecular weight is 265 g/mol. The molecule has 18 heavy (non-hydrogen) atoms. The maximum Gasteiger partial charge on any atom is 0.133 e. The summed E-state index contributed by atoms with van der Waals surface area (Å²) in [4.78, 5) is 1.23. The van der Waals surface area contributed by atoms with E-state index in [0.717, 1.165) is 25.3 Å². The zero-order valence-corrected chi connectivity index (χ0v) is 11.6. The number of aromatic nitrogens is 2. The molecule has 2 rings (SSSR count). The van der Waals surface area contributed by atoms with Crippen molar-refractivity contribution in [2.45, 2.75) is 12.5 Å². The van der Waals surface area contributed by atoms with Gasteiger partial charge in [-0.1, -0.05) is 6.07 Å². The van der Waals surface area contributed by atoms with Gasteiger partial charge in [-0.25, -0.2) is 0 Å². The number of hydrogen-bond acceptors (Lipinski definition) is 4. The predicted molar refractivity (Wildman–Crippen MR) is 73.9 cm³/mol. The van der Waals surface area contributed by atoms with Crippen molar-refractivity contribution in [3.63, 3.8) is 0 Å². The Morgan fingerprint density at radius 3 is 3.00 bits per heavy atom. The summed E-state index contributed by atoms with van der Waals surface area (Å²) in [5.41, 5.74) is 1.10. The molecule has 2 aromatic heterocycles. The summed E-state index contributed by atoms with van der Waals surface area (Å²) < 4.78 is 7.90. The highest BCUT2D eigenvalue weighted by Gasteiger charge is 2.18. The van der Waals surface area contributed by atoms with Crippen LogP contribution in [0.1, 0.15) is 23.1 Å². The van der Waals surface area contributed by atoms with Gasteiger partial charge in [-0.05, 0) is 37.5 Å². The second-order valence-corrected chi connectivity index (χ2v) is 5.08. The molecule has 4 nitrogen and oxygen atoms in total. The van der Waals surface area contributed by atoms with E-state index in [9.17, 15) is 0 Å². The Labute approximate surface area is 112 Å². The van der Waals surface area contributed by atoms with Crippen LogP contribution in [-0.2, 0) is 11.8 Å². The molecule has 1 N–H and O–H groups in total. The van der Waals surface area contributed by atoms with E-state index in [1.165, 1.54) is 4.88 Å². The first-order valence-corrected chi connectivity index (χ1v) is 6.98. The molecule has 98 valence electrons. The molecule has 5 heteroatoms. The molecule has 0 saturated heterocycles. The zero-order valence-electron chi connectivity index (χ0n) is 10.8. The molecule has 0 aliphatic heterocycles. The first-order chi connectivity index (χ1) is 8.83. The summed E-state index contributed by atoms with van der Waals surface area (Å²) in [6, 6.07) is 6.18. The van der Waals surface area contributed by atoms with Gasteiger partial charge in [0.1, 0.15) is 6.10 Å². The van der Waals surface area contributed by atoms with Crippen LogP contribution in [0, 0.1) is 0 Å². The van der Waals surface area contributed by atoms with Crippen molar-refractivity contribution in [1.82, 2.24) is 15.1 Å². The van der Waals surface area contributed by atoms with E-state index < -0.39 is 0 Å². The lowest BCUT2D eigenvalue weighted by atomic mass is 10.2. The molecule has 0 aliphatic carbocycles. The lowest BCUT2D eigenvalue weighted by Crippen LogP contribution is -2.14. The SMILES string of the molecule is CNCCCOC(c1cccs1)c1ccnn1C. The van der Waals surface area contributed by atoms with Crippen molar-refractivity contribution >= 4 is 11.3 Å². The highest BCUT2D eigenvalue weighted by atomic mass is 32.1. The van der Waals surface area contributed by atoms with Crippen molar-refractivity contribution in [3.8, 4) is 0 Å². The normalized spacial score (nSPS) is 12.8. The fraction of sp³-hybridized carbons (Fsp3) is 0.462. The van der Waals surface area contributed by atoms with Gasteiger partial charge in [0.25, 0.3) is 0 Å². The van der Waals surface area contributed by atoms with Crippen molar-refractivity contribution in [2.24, 2.45) is 7.05 Å². The molecule has 0 saturated carbocycles. The smallest absolute Gasteiger partial charge is 0.133 e. The first-order valence-electron chi connectivity index (χ1n) is 6.10. The van der Waals surface area contributed by atoms with Crippen LogP contribution in [0.4, 0.5) is 0 Å². The number of aryl methyl sites for hydroxylation is 1. The quantitative estimate of drug-likeness (QED) is 0.780. The Kier molecular flexibility index (Phi) is 4.92. The molecule has 2 heterocycles. The van der Waals surface area contributed by atoms with Crippen LogP contribution in [0.5, 0.6) is 0 Å². The minimum atomic E-state index is -0.00523. The van der Waals surface area contributed by atoms with Gasteiger partial charge in [-0.15, -0.1) is 11.3 Å². The molecule has 1 unspecified atom stereocenters. The van der Waals surface area contributed by atoms with E-state index in [0.29, 0.717) is 0 Å². The van der Waals surface area contributed by atoms with E-state index in [-0.39, 0.29) is 6.10 Å². The molecular formula is C13H19N3OS. The lowest BCUT2D eigenvalue weighted by Gasteiger charge is -2.17. The summed E-state index contributed by atoms with van der Waals surface area (Å²) in [6.45, 7) is 1.72. The third-order valence-electron chi connectivity index (χ3n) is 2.78. The fourth-order valence-electron chi connectivity index (χ4n) is 1.85. The van der Waals surface area contributed by atoms with E-state index in [1.807, 2.05) is 31.0 Å². The second kappa shape index (κ2) is 6.68. The standard InChI is InChI=1S/C13H19N3OS/c1-14-7-4-9-17-13(12-5-3-10-18-12)11-6-8-15-16(11)2/h3,5-6,8,10,13-14H,4,7,9H2,1-2H3. The summed E-state index contributed by atoms with van der Waals surface area (Å²) in [5, 5.41) is 9.43. The first kappa shape index (κ1) is 13.3. The predicted octanol–water partition coefficient (Wildman–Crippen LogP) is 2.20. The van der Waals surface area contributed by atoms with Crippen LogP contribution in [0.3, 0.4) is 0 Å². The van der Waals surface area contributed by atoms with Crippen LogP contribution < -0.4 is 5.32 Å². The zero-order chi connectivity index (χ0) is 12.8. The topological polar surface area (TPSA) is 39.1 Å². The molecule has 0 spiro atoms. The molecule has 0 fully saturated rings. The Hall–Kier alpha value is -1.17. The molecule has 0 aromatic carbocycles. The van der Waals surface area contributed by atoms with Gasteiger partial charge >= 0.3 is 0 Å². The number of thiophene rings is 1. The largest absolute Gasteiger partial charge is 0.366 e. The van der Waals surface area contributed by atoms with Gasteiger partial charge in [0, 0.05) is 24.7 Å². The number of ether oxygens (including phenoxy) is 1. The van der Waals surface area contributed by atoms with E-state index in [2.05, 4.69) is 27.9 Å². The van der Waals surface area contributed by atoms with Gasteiger partial charge in [-0.3, -0.25) is 4.68 Å². The van der Waals surface area contributed by atoms with Crippen LogP contribution in [0.2, 0.25) is 0 Å². The minimum Gasteiger partial charge on any atom is -0.366 e. The summed E-state index contributed by atoms with van der Waals surface area (Å²) in [7, 11) is 3.91. The maximum absolute atomic E-state index is 6.02. The Morgan fingerprint density at radius 1 is 1.50 bits per heavy atom. The lowest BCUT2D eigenvalue weighted by molar-refractivity contribution is 0.0755. The third kappa shape index (κ3) is 3.19. The molecule has 2 aromatic rings. The Morgan fingerprint density at radius 2 is 2.39 bits per heavy atom. The molecule has 0 aliphatic rings. The molecule has 1 atom stereocenters. The van der Waals surface area contributed by atoms with Gasteiger partial charge in [0.15, 0.2) is 0 Å². The van der Waals surface area contributed by atoms with Crippen LogP contribution in [0.25, 0.3) is 0 Å². The second-order valence-electron chi connectivity index (χ2n) is 4.10. The highest BCUT2D eigenvalue weighted by Crippen LogP contribution is 2.29. The van der Waals surface area contributed by atoms with E-state index >= 15 is 0 Å². The molecular weight excluding hydrogens is 246 g/mol. The van der Waals surface area contributed by atoms with Gasteiger partial charge in [-0.2, -0.15) is 5.10 Å². The van der Waals surface area contributed by atoms with Gasteiger partial charge < -0.3 is 10.1 Å². The third-order valence-corrected chi connectivity index (χ3v) is 3.70. The number of hydrogen-bond donors (Lipinski definition) is 1. The van der Waals surface area contributed by atoms with Crippen molar-refractivity contribution in [3.05, 3.63) is 40.3 Å².